The quantitative estimate of drug-likeness (QED) is 0.164. The molecule has 5 rings (SSSR count). The van der Waals surface area contributed by atoms with Crippen LogP contribution >= 0.6 is 12.1 Å². The number of rotatable bonds is 11. The first-order valence-corrected chi connectivity index (χ1v) is 16.0. The monoisotopic (exact) mass is 653 g/mol. The lowest BCUT2D eigenvalue weighted by molar-refractivity contribution is -0.274. The van der Waals surface area contributed by atoms with Crippen molar-refractivity contribution in [1.82, 2.24) is 23.8 Å². The molecule has 3 aromatic rings. The van der Waals surface area contributed by atoms with Crippen LogP contribution in [0.3, 0.4) is 0 Å². The van der Waals surface area contributed by atoms with E-state index in [9.17, 15) is 22.8 Å². The van der Waals surface area contributed by atoms with Gasteiger partial charge in [0.1, 0.15) is 5.75 Å². The second-order valence-electron chi connectivity index (χ2n) is 11.5. The number of hydrogen-bond acceptors (Lipinski definition) is 6. The van der Waals surface area contributed by atoms with Crippen LogP contribution in [-0.4, -0.2) is 53.1 Å². The van der Waals surface area contributed by atoms with Crippen LogP contribution in [0.4, 0.5) is 13.2 Å². The molecule has 1 aromatic heterocycles. The lowest BCUT2D eigenvalue weighted by Gasteiger charge is -2.20. The van der Waals surface area contributed by atoms with Gasteiger partial charge in [-0.3, -0.25) is 19.2 Å². The number of ether oxygens (including phenoxy) is 1. The van der Waals surface area contributed by atoms with Gasteiger partial charge in [0, 0.05) is 58.5 Å². The maximum absolute atomic E-state index is 14.0. The normalized spacial score (nSPS) is 15.2. The van der Waals surface area contributed by atoms with Gasteiger partial charge in [-0.1, -0.05) is 51.5 Å². The Labute approximate surface area is 271 Å². The van der Waals surface area contributed by atoms with E-state index < -0.39 is 12.3 Å². The van der Waals surface area contributed by atoms with E-state index in [0.717, 1.165) is 54.5 Å². The van der Waals surface area contributed by atoms with E-state index >= 15 is 0 Å². The van der Waals surface area contributed by atoms with Crippen molar-refractivity contribution >= 4 is 40.9 Å². The molecular formula is C34H38F3N5O3S. The lowest BCUT2D eigenvalue weighted by atomic mass is 9.85. The van der Waals surface area contributed by atoms with Crippen molar-refractivity contribution < 1.29 is 27.5 Å². The summed E-state index contributed by atoms with van der Waals surface area (Å²) in [7, 11) is 5.34. The summed E-state index contributed by atoms with van der Waals surface area (Å²) < 4.78 is 52.2. The minimum absolute atomic E-state index is 0.0594. The maximum Gasteiger partial charge on any atom is 0.573 e. The highest BCUT2D eigenvalue weighted by Gasteiger charge is 2.41. The second kappa shape index (κ2) is 13.3. The molecule has 0 bridgehead atoms. The summed E-state index contributed by atoms with van der Waals surface area (Å²) in [6.45, 7) is 8.24. The molecule has 12 heteroatoms. The lowest BCUT2D eigenvalue weighted by Crippen LogP contribution is -2.20. The SMILES string of the molecule is C=C1/C(=C\NC)N1C(=O)C1=Cc2c(OC(F)(F)F)cccc2-c2c(C(CCC)CCC)c3ccc(C(=O)NSN(C)C)cc3n2C1. The van der Waals surface area contributed by atoms with Crippen LogP contribution in [0.5, 0.6) is 5.75 Å². The molecule has 0 aliphatic carbocycles. The molecule has 3 heterocycles. The highest BCUT2D eigenvalue weighted by atomic mass is 32.2. The van der Waals surface area contributed by atoms with E-state index in [4.69, 9.17) is 0 Å². The van der Waals surface area contributed by atoms with E-state index in [0.29, 0.717) is 28.0 Å². The first-order valence-electron chi connectivity index (χ1n) is 15.2. The molecule has 2 aromatic carbocycles. The number of hydrogen-bond donors (Lipinski definition) is 2. The van der Waals surface area contributed by atoms with Crippen LogP contribution in [0.2, 0.25) is 0 Å². The zero-order valence-electron chi connectivity index (χ0n) is 26.5. The van der Waals surface area contributed by atoms with Crippen LogP contribution in [0, 0.1) is 0 Å². The number of halogens is 3. The van der Waals surface area contributed by atoms with Gasteiger partial charge in [-0.2, -0.15) is 0 Å². The smallest absolute Gasteiger partial charge is 0.405 e. The molecule has 0 atom stereocenters. The summed E-state index contributed by atoms with van der Waals surface area (Å²) in [5.41, 5.74) is 4.90. The molecule has 1 saturated heterocycles. The Morgan fingerprint density at radius 1 is 1.15 bits per heavy atom. The average molecular weight is 654 g/mol. The van der Waals surface area contributed by atoms with Crippen LogP contribution in [0.1, 0.15) is 66.9 Å². The van der Waals surface area contributed by atoms with Crippen molar-refractivity contribution in [2.24, 2.45) is 0 Å². The van der Waals surface area contributed by atoms with E-state index in [-0.39, 0.29) is 35.3 Å². The van der Waals surface area contributed by atoms with Gasteiger partial charge < -0.3 is 14.6 Å². The summed E-state index contributed by atoms with van der Waals surface area (Å²) in [5.74, 6) is -0.989. The second-order valence-corrected chi connectivity index (χ2v) is 12.6. The molecule has 244 valence electrons. The predicted octanol–water partition coefficient (Wildman–Crippen LogP) is 7.56. The van der Waals surface area contributed by atoms with Crippen molar-refractivity contribution in [3.8, 4) is 17.0 Å². The average Bonchev–Trinajstić information content (AvgIpc) is 3.58. The van der Waals surface area contributed by atoms with E-state index in [2.05, 4.69) is 35.2 Å². The summed E-state index contributed by atoms with van der Waals surface area (Å²) in [6.07, 6.45) is 1.75. The van der Waals surface area contributed by atoms with E-state index in [1.54, 1.807) is 41.8 Å². The number of nitrogens with one attached hydrogen (secondary N) is 2. The van der Waals surface area contributed by atoms with Gasteiger partial charge in [0.05, 0.1) is 23.6 Å². The van der Waals surface area contributed by atoms with Gasteiger partial charge in [-0.25, -0.2) is 4.31 Å². The van der Waals surface area contributed by atoms with Crippen molar-refractivity contribution in [2.45, 2.75) is 58.4 Å². The number of carbonyl (C=O) groups excluding carboxylic acids is 2. The minimum atomic E-state index is -4.94. The van der Waals surface area contributed by atoms with Gasteiger partial charge in [0.2, 0.25) is 0 Å². The Balaban J connectivity index is 1.81. The fourth-order valence-electron chi connectivity index (χ4n) is 6.21. The molecule has 2 aliphatic rings. The number of benzene rings is 2. The number of fused-ring (bicyclic) bond motifs is 5. The molecular weight excluding hydrogens is 615 g/mol. The fourth-order valence-corrected chi connectivity index (χ4v) is 6.60. The van der Waals surface area contributed by atoms with Gasteiger partial charge in [-0.15, -0.1) is 13.2 Å². The fraction of sp³-hybridized carbons (Fsp3) is 0.353. The zero-order chi connectivity index (χ0) is 33.3. The predicted molar refractivity (Wildman–Crippen MR) is 176 cm³/mol. The maximum atomic E-state index is 14.0. The third-order valence-corrected chi connectivity index (χ3v) is 8.72. The molecule has 8 nitrogen and oxygen atoms in total. The largest absolute Gasteiger partial charge is 0.573 e. The van der Waals surface area contributed by atoms with Crippen LogP contribution in [0.25, 0.3) is 28.2 Å². The van der Waals surface area contributed by atoms with Gasteiger partial charge in [-0.05, 0) is 62.7 Å². The summed E-state index contributed by atoms with van der Waals surface area (Å²) in [4.78, 5) is 28.6. The van der Waals surface area contributed by atoms with Crippen molar-refractivity contribution in [3.05, 3.63) is 82.8 Å². The minimum Gasteiger partial charge on any atom is -0.405 e. The Hall–Kier alpha value is -4.16. The highest BCUT2D eigenvalue weighted by molar-refractivity contribution is 7.95. The number of aromatic nitrogens is 1. The Morgan fingerprint density at radius 3 is 2.50 bits per heavy atom. The number of alkyl halides is 3. The molecule has 2 amide bonds. The molecule has 2 N–H and O–H groups in total. The van der Waals surface area contributed by atoms with E-state index in [1.807, 2.05) is 24.7 Å². The number of carbonyl (C=O) groups is 2. The standard InChI is InChI=1S/C34H38F3N5O3S/c1-7-10-21(11-8-2)30-25-15-14-22(32(43)39-46-40(5)6)17-27(25)41-19-23(33(44)42-20(3)28(42)18-38-4)16-26-24(31(30)41)12-9-13-29(26)45-34(35,36)37/h9,12-18,21,38H,3,7-8,10-11,19H2,1-2,4-6H3,(H,39,43)/b28-18+. The van der Waals surface area contributed by atoms with Crippen molar-refractivity contribution in [3.63, 3.8) is 0 Å². The Morgan fingerprint density at radius 2 is 1.87 bits per heavy atom. The van der Waals surface area contributed by atoms with Crippen molar-refractivity contribution in [1.29, 1.82) is 0 Å². The third kappa shape index (κ3) is 6.54. The molecule has 0 radical (unpaired) electrons. The molecule has 1 fully saturated rings. The first-order chi connectivity index (χ1) is 21.9. The third-order valence-electron chi connectivity index (χ3n) is 8.08. The van der Waals surface area contributed by atoms with Crippen LogP contribution in [0.15, 0.2) is 66.1 Å². The van der Waals surface area contributed by atoms with E-state index in [1.165, 1.54) is 17.0 Å². The molecule has 0 unspecified atom stereocenters. The van der Waals surface area contributed by atoms with Gasteiger partial charge in [0.15, 0.2) is 0 Å². The summed E-state index contributed by atoms with van der Waals surface area (Å²) in [6, 6.07) is 10.1. The van der Waals surface area contributed by atoms with Gasteiger partial charge in [0.25, 0.3) is 11.8 Å². The van der Waals surface area contributed by atoms with Gasteiger partial charge >= 0.3 is 6.36 Å². The molecule has 0 saturated carbocycles. The van der Waals surface area contributed by atoms with Crippen molar-refractivity contribution in [2.75, 3.05) is 21.1 Å². The molecule has 0 spiro atoms. The molecule has 46 heavy (non-hydrogen) atoms. The highest BCUT2D eigenvalue weighted by Crippen LogP contribution is 2.48. The topological polar surface area (TPSA) is 78.6 Å². The molecule has 2 aliphatic heterocycles. The summed E-state index contributed by atoms with van der Waals surface area (Å²) in [5, 5.41) is 3.79. The van der Waals surface area contributed by atoms with Crippen LogP contribution < -0.4 is 14.8 Å². The Kier molecular flexibility index (Phi) is 9.59. The van der Waals surface area contributed by atoms with Crippen LogP contribution in [-0.2, 0) is 11.3 Å². The first kappa shape index (κ1) is 33.2. The number of amides is 2. The number of nitrogens with zero attached hydrogens (tertiary/aromatic N) is 3. The Bertz CT molecular complexity index is 1750. The summed E-state index contributed by atoms with van der Waals surface area (Å²) >= 11 is 1.15. The zero-order valence-corrected chi connectivity index (χ0v) is 27.4.